The third-order valence-electron chi connectivity index (χ3n) is 12.7. The van der Waals surface area contributed by atoms with E-state index in [4.69, 9.17) is 15.9 Å². The molecule has 0 saturated carbocycles. The average molecular weight is 1040 g/mol. The first-order chi connectivity index (χ1) is 26.3. The molecule has 0 aliphatic heterocycles. The second-order valence-electron chi connectivity index (χ2n) is 16.0. The van der Waals surface area contributed by atoms with Crippen molar-refractivity contribution in [1.82, 2.24) is 15.9 Å². The predicted octanol–water partition coefficient (Wildman–Crippen LogP) is 13.7. The topological polar surface area (TPSA) is 51.6 Å². The van der Waals surface area contributed by atoms with E-state index < -0.39 is 10.8 Å². The molecule has 0 fully saturated rings. The van der Waals surface area contributed by atoms with Gasteiger partial charge in [-0.05, 0) is 0 Å². The Hall–Kier alpha value is -1.03. The van der Waals surface area contributed by atoms with Crippen LogP contribution in [0.25, 0.3) is 44.3 Å². The molecule has 2 heterocycles. The van der Waals surface area contributed by atoms with Crippen LogP contribution >= 0.6 is 38.5 Å². The van der Waals surface area contributed by atoms with Crippen LogP contribution < -0.4 is 0 Å². The van der Waals surface area contributed by atoms with Crippen molar-refractivity contribution < 1.29 is 8.78 Å². The Morgan fingerprint density at radius 1 is 0.519 bits per heavy atom. The fourth-order valence-electron chi connectivity index (χ4n) is 10.1. The average Bonchev–Trinajstić information content (AvgIpc) is 3.96. The molecule has 2 aliphatic carbocycles. The molecule has 2 aromatic heterocycles. The van der Waals surface area contributed by atoms with Gasteiger partial charge in [0.15, 0.2) is 0 Å². The maximum absolute atomic E-state index is 18.9. The van der Waals surface area contributed by atoms with E-state index in [1.807, 2.05) is 0 Å². The molecule has 10 heteroatoms. The van der Waals surface area contributed by atoms with Crippen LogP contribution in [0.5, 0.6) is 0 Å². The molecule has 2 aliphatic rings. The summed E-state index contributed by atoms with van der Waals surface area (Å²) in [6, 6.07) is 4.44. The van der Waals surface area contributed by atoms with Crippen molar-refractivity contribution in [2.45, 2.75) is 167 Å². The van der Waals surface area contributed by atoms with E-state index in [9.17, 15) is 0 Å². The summed E-state index contributed by atoms with van der Waals surface area (Å²) >= 11 is 5.67. The van der Waals surface area contributed by atoms with Gasteiger partial charge in [0.05, 0.1) is 0 Å². The second kappa shape index (κ2) is 17.8. The van der Waals surface area contributed by atoms with Crippen molar-refractivity contribution in [2.75, 3.05) is 0 Å². The number of fused-ring (bicyclic) bond motifs is 10. The van der Waals surface area contributed by atoms with E-state index >= 15 is 8.78 Å². The van der Waals surface area contributed by atoms with E-state index in [0.29, 0.717) is 22.3 Å². The molecule has 3 aromatic carbocycles. The summed E-state index contributed by atoms with van der Waals surface area (Å²) in [4.78, 5) is 0. The summed E-state index contributed by atoms with van der Waals surface area (Å²) in [5.41, 5.74) is 7.92. The van der Waals surface area contributed by atoms with Crippen molar-refractivity contribution in [3.63, 3.8) is 0 Å². The molecule has 0 bridgehead atoms. The Morgan fingerprint density at radius 2 is 0.889 bits per heavy atom. The standard InChI is InChI=1S/C44H54BrF2IN4Se2/c1-5-9-13-17-21-43(22-18-14-10-6-2)27-25-29(45)39-41(51-53-49-39)31(27)33-35(43)38(47)34-32-28(26-30(48)40-42(32)52-54-50-40)44(36(34)37(33)46,23-19-15-11-7-3)24-20-16-12-8-4/h25-26H,5-24H2,1-4H3. The maximum atomic E-state index is 18.9. The molecule has 5 aromatic rings. The molecule has 4 nitrogen and oxygen atoms in total. The van der Waals surface area contributed by atoms with Gasteiger partial charge in [-0.15, -0.1) is 0 Å². The van der Waals surface area contributed by atoms with Gasteiger partial charge in [0, 0.05) is 0 Å². The van der Waals surface area contributed by atoms with Crippen LogP contribution in [0.4, 0.5) is 8.78 Å². The van der Waals surface area contributed by atoms with Crippen LogP contribution in [-0.2, 0) is 10.8 Å². The van der Waals surface area contributed by atoms with Gasteiger partial charge in [0.25, 0.3) is 0 Å². The van der Waals surface area contributed by atoms with Gasteiger partial charge < -0.3 is 0 Å². The van der Waals surface area contributed by atoms with Crippen molar-refractivity contribution in [3.8, 4) is 22.3 Å². The molecular weight excluding hydrogens is 987 g/mol. The first-order valence-corrected chi connectivity index (χ1v) is 25.7. The fourth-order valence-corrected chi connectivity index (χ4v) is 14.3. The number of hydrogen-bond acceptors (Lipinski definition) is 4. The van der Waals surface area contributed by atoms with Gasteiger partial charge in [-0.2, -0.15) is 0 Å². The van der Waals surface area contributed by atoms with E-state index in [1.54, 1.807) is 0 Å². The zero-order valence-corrected chi connectivity index (χ0v) is 39.6. The van der Waals surface area contributed by atoms with Crippen LogP contribution in [0.2, 0.25) is 0 Å². The van der Waals surface area contributed by atoms with Crippen molar-refractivity contribution in [3.05, 3.63) is 54.1 Å². The summed E-state index contributed by atoms with van der Waals surface area (Å²) in [6.07, 6.45) is 20.5. The quantitative estimate of drug-likeness (QED) is 0.0443. The van der Waals surface area contributed by atoms with E-state index in [1.165, 1.54) is 0 Å². The molecule has 54 heavy (non-hydrogen) atoms. The van der Waals surface area contributed by atoms with E-state index in [0.717, 1.165) is 181 Å². The molecule has 0 unspecified atom stereocenters. The summed E-state index contributed by atoms with van der Waals surface area (Å²) in [6.45, 7) is 8.94. The zero-order valence-electron chi connectivity index (χ0n) is 32.4. The Balaban J connectivity index is 1.58. The SMILES string of the molecule is CCCCCCC1(CCCCCC)c2cc(Br)c3n[se]nc3c2-c2c(F)c3c(c(F)c21)-c1c(cc(I)c2n[se]nc12)C3(CCCCCC)CCCCCC. The van der Waals surface area contributed by atoms with Crippen molar-refractivity contribution in [1.29, 1.82) is 0 Å². The first kappa shape index (κ1) is 41.1. The Kier molecular flexibility index (Phi) is 13.6. The number of hydrogen-bond donors (Lipinski definition) is 0. The van der Waals surface area contributed by atoms with Gasteiger partial charge in [0.2, 0.25) is 0 Å². The predicted molar refractivity (Wildman–Crippen MR) is 234 cm³/mol. The summed E-state index contributed by atoms with van der Waals surface area (Å²) in [5, 5.41) is 0. The van der Waals surface area contributed by atoms with Gasteiger partial charge in [0.1, 0.15) is 0 Å². The van der Waals surface area contributed by atoms with Crippen LogP contribution in [0, 0.1) is 15.2 Å². The number of rotatable bonds is 20. The Morgan fingerprint density at radius 3 is 1.31 bits per heavy atom. The van der Waals surface area contributed by atoms with E-state index in [-0.39, 0.29) is 41.6 Å². The van der Waals surface area contributed by atoms with Gasteiger partial charge >= 0.3 is 358 Å². The molecule has 0 spiro atoms. The minimum absolute atomic E-state index is 0.211. The Bertz CT molecular complexity index is 1950. The van der Waals surface area contributed by atoms with Gasteiger partial charge in [-0.3, -0.25) is 0 Å². The molecular formula is C44H54BrF2IN4Se2. The monoisotopic (exact) mass is 1040 g/mol. The van der Waals surface area contributed by atoms with Gasteiger partial charge in [-0.1, -0.05) is 0 Å². The number of nitrogens with zero attached hydrogens (tertiary/aromatic N) is 4. The van der Waals surface area contributed by atoms with Crippen LogP contribution in [0.1, 0.15) is 178 Å². The van der Waals surface area contributed by atoms with Crippen LogP contribution in [0.15, 0.2) is 16.6 Å². The molecule has 290 valence electrons. The normalized spacial score (nSPS) is 15.0. The summed E-state index contributed by atoms with van der Waals surface area (Å²) in [7, 11) is 0. The second-order valence-corrected chi connectivity index (χ2v) is 20.3. The number of halogens is 4. The Labute approximate surface area is 355 Å². The van der Waals surface area contributed by atoms with Crippen molar-refractivity contribution >= 4 is 90.5 Å². The number of benzene rings is 3. The minimum atomic E-state index is -0.653. The third-order valence-corrected chi connectivity index (χ3v) is 16.3. The number of aromatic nitrogens is 4. The third kappa shape index (κ3) is 6.99. The molecule has 0 amide bonds. The molecule has 7 rings (SSSR count). The molecule has 0 N–H and O–H groups in total. The molecule has 0 atom stereocenters. The van der Waals surface area contributed by atoms with Crippen molar-refractivity contribution in [2.24, 2.45) is 0 Å². The summed E-state index contributed by atoms with van der Waals surface area (Å²) in [5.74, 6) is -0.422. The van der Waals surface area contributed by atoms with Crippen LogP contribution in [0.3, 0.4) is 0 Å². The van der Waals surface area contributed by atoms with E-state index in [2.05, 4.69) is 78.3 Å². The van der Waals surface area contributed by atoms with Crippen LogP contribution in [-0.4, -0.2) is 45.8 Å². The molecule has 0 radical (unpaired) electrons. The number of unbranched alkanes of at least 4 members (excludes halogenated alkanes) is 12. The zero-order chi connectivity index (χ0) is 38.0. The van der Waals surface area contributed by atoms with Gasteiger partial charge in [-0.25, -0.2) is 0 Å². The fraction of sp³-hybridized carbons (Fsp3) is 0.591. The molecule has 0 saturated heterocycles. The summed E-state index contributed by atoms with van der Waals surface area (Å²) < 4.78 is 59.5. The first-order valence-electron chi connectivity index (χ1n) is 20.8.